The van der Waals surface area contributed by atoms with Gasteiger partial charge in [-0.15, -0.1) is 0 Å². The molecule has 1 saturated heterocycles. The number of hydrogen-bond donors (Lipinski definition) is 1. The fourth-order valence-electron chi connectivity index (χ4n) is 2.08. The van der Waals surface area contributed by atoms with Crippen molar-refractivity contribution < 1.29 is 4.74 Å². The topological polar surface area (TPSA) is 21.3 Å². The Morgan fingerprint density at radius 3 is 2.94 bits per heavy atom. The van der Waals surface area contributed by atoms with Gasteiger partial charge in [-0.25, -0.2) is 0 Å². The molecule has 1 unspecified atom stereocenters. The second-order valence-corrected chi connectivity index (χ2v) is 6.37. The molecule has 1 heterocycles. The second kappa shape index (κ2) is 5.17. The highest BCUT2D eigenvalue weighted by atomic mass is 79.9. The molecular weight excluding hydrogens is 302 g/mol. The summed E-state index contributed by atoms with van der Waals surface area (Å²) in [6.45, 7) is 5.08. The lowest BCUT2D eigenvalue weighted by molar-refractivity contribution is -0.00910. The molecule has 0 bridgehead atoms. The Kier molecular flexibility index (Phi) is 4.01. The third kappa shape index (κ3) is 3.60. The summed E-state index contributed by atoms with van der Waals surface area (Å²) in [5.74, 6) is 0. The van der Waals surface area contributed by atoms with E-state index in [2.05, 4.69) is 35.1 Å². The maximum absolute atomic E-state index is 6.11. The molecule has 0 saturated carbocycles. The lowest BCUT2D eigenvalue weighted by Crippen LogP contribution is -2.24. The maximum atomic E-state index is 6.11. The Bertz CT molecular complexity index is 408. The average Bonchev–Trinajstić information content (AvgIpc) is 2.60. The van der Waals surface area contributed by atoms with Crippen LogP contribution in [0.2, 0.25) is 5.02 Å². The fraction of sp³-hybridized carbons (Fsp3) is 0.538. The van der Waals surface area contributed by atoms with E-state index in [0.717, 1.165) is 34.6 Å². The third-order valence-electron chi connectivity index (χ3n) is 3.00. The molecule has 0 aliphatic carbocycles. The van der Waals surface area contributed by atoms with Gasteiger partial charge in [-0.1, -0.05) is 27.5 Å². The van der Waals surface area contributed by atoms with Crippen molar-refractivity contribution in [1.29, 1.82) is 0 Å². The predicted molar refractivity (Wildman–Crippen MR) is 75.8 cm³/mol. The van der Waals surface area contributed by atoms with Gasteiger partial charge in [0.15, 0.2) is 0 Å². The Balaban J connectivity index is 1.92. The van der Waals surface area contributed by atoms with Crippen LogP contribution in [0.5, 0.6) is 0 Å². The standard InChI is InChI=1S/C13H17BrClNO/c1-13(2)6-5-10(17-13)8-16-12-7-9(14)3-4-11(12)15/h3-4,7,10,16H,5-6,8H2,1-2H3. The van der Waals surface area contributed by atoms with Crippen molar-refractivity contribution in [2.75, 3.05) is 11.9 Å². The molecule has 1 aliphatic rings. The zero-order valence-electron chi connectivity index (χ0n) is 10.1. The number of halogens is 2. The maximum Gasteiger partial charge on any atom is 0.0755 e. The summed E-state index contributed by atoms with van der Waals surface area (Å²) >= 11 is 9.55. The van der Waals surface area contributed by atoms with Crippen molar-refractivity contribution in [2.45, 2.75) is 38.4 Å². The van der Waals surface area contributed by atoms with Crippen LogP contribution < -0.4 is 5.32 Å². The molecule has 94 valence electrons. The quantitative estimate of drug-likeness (QED) is 0.887. The Morgan fingerprint density at radius 1 is 1.53 bits per heavy atom. The highest BCUT2D eigenvalue weighted by Gasteiger charge is 2.31. The molecule has 0 amide bonds. The van der Waals surface area contributed by atoms with Crippen molar-refractivity contribution in [1.82, 2.24) is 0 Å². The van der Waals surface area contributed by atoms with Crippen LogP contribution in [0.25, 0.3) is 0 Å². The molecule has 0 aromatic heterocycles. The summed E-state index contributed by atoms with van der Waals surface area (Å²) in [5.41, 5.74) is 0.974. The van der Waals surface area contributed by atoms with Crippen molar-refractivity contribution in [3.63, 3.8) is 0 Å². The van der Waals surface area contributed by atoms with Crippen molar-refractivity contribution in [2.24, 2.45) is 0 Å². The van der Waals surface area contributed by atoms with E-state index in [9.17, 15) is 0 Å². The normalized spacial score (nSPS) is 22.7. The summed E-state index contributed by atoms with van der Waals surface area (Å²) in [5, 5.41) is 4.09. The molecule has 1 fully saturated rings. The second-order valence-electron chi connectivity index (χ2n) is 5.04. The van der Waals surface area contributed by atoms with Gasteiger partial charge >= 0.3 is 0 Å². The summed E-state index contributed by atoms with van der Waals surface area (Å²) in [7, 11) is 0. The van der Waals surface area contributed by atoms with Gasteiger partial charge in [0.2, 0.25) is 0 Å². The minimum absolute atomic E-state index is 0.0212. The van der Waals surface area contributed by atoms with Gasteiger partial charge in [0.05, 0.1) is 22.4 Å². The SMILES string of the molecule is CC1(C)CCC(CNc2cc(Br)ccc2Cl)O1. The average molecular weight is 319 g/mol. The summed E-state index contributed by atoms with van der Waals surface area (Å²) in [6, 6.07) is 5.80. The van der Waals surface area contributed by atoms with Crippen LogP contribution in [0.1, 0.15) is 26.7 Å². The lowest BCUT2D eigenvalue weighted by Gasteiger charge is -2.20. The highest BCUT2D eigenvalue weighted by molar-refractivity contribution is 9.10. The molecular formula is C13H17BrClNO. The van der Waals surface area contributed by atoms with E-state index in [-0.39, 0.29) is 11.7 Å². The van der Waals surface area contributed by atoms with E-state index in [4.69, 9.17) is 16.3 Å². The van der Waals surface area contributed by atoms with Crippen molar-refractivity contribution in [3.05, 3.63) is 27.7 Å². The molecule has 17 heavy (non-hydrogen) atoms. The van der Waals surface area contributed by atoms with Crippen LogP contribution >= 0.6 is 27.5 Å². The largest absolute Gasteiger partial charge is 0.381 e. The zero-order valence-corrected chi connectivity index (χ0v) is 12.4. The highest BCUT2D eigenvalue weighted by Crippen LogP contribution is 2.30. The van der Waals surface area contributed by atoms with Crippen LogP contribution in [0.15, 0.2) is 22.7 Å². The lowest BCUT2D eigenvalue weighted by atomic mass is 10.1. The van der Waals surface area contributed by atoms with E-state index in [0.29, 0.717) is 0 Å². The minimum Gasteiger partial charge on any atom is -0.381 e. The first-order valence-electron chi connectivity index (χ1n) is 5.83. The summed E-state index contributed by atoms with van der Waals surface area (Å²) in [4.78, 5) is 0. The molecule has 2 rings (SSSR count). The molecule has 4 heteroatoms. The van der Waals surface area contributed by atoms with Gasteiger partial charge in [-0.05, 0) is 44.9 Å². The number of anilines is 1. The van der Waals surface area contributed by atoms with E-state index >= 15 is 0 Å². The van der Waals surface area contributed by atoms with E-state index in [1.165, 1.54) is 0 Å². The van der Waals surface area contributed by atoms with E-state index in [1.807, 2.05) is 18.2 Å². The molecule has 1 aromatic rings. The number of rotatable bonds is 3. The number of hydrogen-bond acceptors (Lipinski definition) is 2. The minimum atomic E-state index is 0.0212. The van der Waals surface area contributed by atoms with Crippen LogP contribution in [-0.4, -0.2) is 18.2 Å². The predicted octanol–water partition coefficient (Wildman–Crippen LogP) is 4.47. The molecule has 1 N–H and O–H groups in total. The van der Waals surface area contributed by atoms with Gasteiger partial charge in [0.1, 0.15) is 0 Å². The third-order valence-corrected chi connectivity index (χ3v) is 3.83. The summed E-state index contributed by atoms with van der Waals surface area (Å²) < 4.78 is 6.95. The summed E-state index contributed by atoms with van der Waals surface area (Å²) in [6.07, 6.45) is 2.50. The van der Waals surface area contributed by atoms with Crippen molar-refractivity contribution in [3.8, 4) is 0 Å². The van der Waals surface area contributed by atoms with Crippen LogP contribution in [0, 0.1) is 0 Å². The Morgan fingerprint density at radius 2 is 2.29 bits per heavy atom. The molecule has 1 aliphatic heterocycles. The Labute approximate surface area is 116 Å². The van der Waals surface area contributed by atoms with Gasteiger partial charge in [0.25, 0.3) is 0 Å². The van der Waals surface area contributed by atoms with Crippen LogP contribution in [0.4, 0.5) is 5.69 Å². The fourth-order valence-corrected chi connectivity index (χ4v) is 2.62. The van der Waals surface area contributed by atoms with Gasteiger partial charge in [-0.3, -0.25) is 0 Å². The van der Waals surface area contributed by atoms with Crippen LogP contribution in [0.3, 0.4) is 0 Å². The van der Waals surface area contributed by atoms with Crippen LogP contribution in [-0.2, 0) is 4.74 Å². The number of ether oxygens (including phenoxy) is 1. The first-order valence-corrected chi connectivity index (χ1v) is 7.00. The molecule has 1 aromatic carbocycles. The van der Waals surface area contributed by atoms with E-state index in [1.54, 1.807) is 0 Å². The zero-order chi connectivity index (χ0) is 12.5. The Hall–Kier alpha value is -0.250. The first-order chi connectivity index (χ1) is 7.96. The van der Waals surface area contributed by atoms with Crippen molar-refractivity contribution >= 4 is 33.2 Å². The first kappa shape index (κ1) is 13.2. The number of nitrogens with one attached hydrogen (secondary N) is 1. The van der Waals surface area contributed by atoms with Gasteiger partial charge in [0, 0.05) is 11.0 Å². The smallest absolute Gasteiger partial charge is 0.0755 e. The molecule has 1 atom stereocenters. The van der Waals surface area contributed by atoms with E-state index < -0.39 is 0 Å². The molecule has 0 spiro atoms. The molecule has 2 nitrogen and oxygen atoms in total. The number of benzene rings is 1. The monoisotopic (exact) mass is 317 g/mol. The van der Waals surface area contributed by atoms with Gasteiger partial charge < -0.3 is 10.1 Å². The van der Waals surface area contributed by atoms with Gasteiger partial charge in [-0.2, -0.15) is 0 Å². The molecule has 0 radical (unpaired) electrons.